The van der Waals surface area contributed by atoms with Crippen molar-refractivity contribution in [1.29, 1.82) is 0 Å². The van der Waals surface area contributed by atoms with E-state index in [9.17, 15) is 14.3 Å². The van der Waals surface area contributed by atoms with E-state index in [0.717, 1.165) is 24.1 Å². The molecule has 2 aromatic rings. The molecule has 0 saturated carbocycles. The van der Waals surface area contributed by atoms with Gasteiger partial charge in [0.2, 0.25) is 0 Å². The van der Waals surface area contributed by atoms with Crippen LogP contribution in [0.3, 0.4) is 0 Å². The van der Waals surface area contributed by atoms with Crippen LogP contribution in [0.15, 0.2) is 59.9 Å². The molecule has 1 heterocycles. The van der Waals surface area contributed by atoms with Crippen molar-refractivity contribution >= 4 is 5.78 Å². The summed E-state index contributed by atoms with van der Waals surface area (Å²) in [4.78, 5) is 12.9. The summed E-state index contributed by atoms with van der Waals surface area (Å²) in [5.41, 5.74) is 3.83. The third-order valence-corrected chi connectivity index (χ3v) is 5.34. The van der Waals surface area contributed by atoms with Crippen LogP contribution in [0.4, 0.5) is 4.39 Å². The summed E-state index contributed by atoms with van der Waals surface area (Å²) < 4.78 is 13.1. The highest BCUT2D eigenvalue weighted by Gasteiger charge is 2.37. The number of hydrogen-bond donors (Lipinski definition) is 2. The summed E-state index contributed by atoms with van der Waals surface area (Å²) in [7, 11) is 0. The third-order valence-electron chi connectivity index (χ3n) is 5.34. The van der Waals surface area contributed by atoms with Crippen molar-refractivity contribution in [3.63, 3.8) is 0 Å². The molecule has 0 amide bonds. The zero-order chi connectivity index (χ0) is 17.4. The van der Waals surface area contributed by atoms with Crippen molar-refractivity contribution < 1.29 is 19.6 Å². The molecule has 2 aliphatic rings. The van der Waals surface area contributed by atoms with Gasteiger partial charge in [0.1, 0.15) is 17.6 Å². The summed E-state index contributed by atoms with van der Waals surface area (Å²) in [6.07, 6.45) is 1.77. The number of aliphatic hydroxyl groups is 1. The van der Waals surface area contributed by atoms with Crippen molar-refractivity contribution in [2.24, 2.45) is 0 Å². The maximum absolute atomic E-state index is 13.1. The highest BCUT2D eigenvalue weighted by atomic mass is 19.1. The van der Waals surface area contributed by atoms with E-state index in [2.05, 4.69) is 17.4 Å². The lowest BCUT2D eigenvalue weighted by Gasteiger charge is -2.30. The fraction of sp³-hybridized carbons (Fsp3) is 0.286. The molecule has 4 heteroatoms. The first kappa shape index (κ1) is 16.0. The van der Waals surface area contributed by atoms with Crippen molar-refractivity contribution in [3.8, 4) is 0 Å². The number of benzene rings is 2. The maximum atomic E-state index is 13.1. The van der Waals surface area contributed by atoms with Gasteiger partial charge in [-0.15, -0.1) is 0 Å². The first-order chi connectivity index (χ1) is 12.1. The summed E-state index contributed by atoms with van der Waals surface area (Å²) in [6.45, 7) is 0.910. The minimum Gasteiger partial charge on any atom is -0.512 e. The van der Waals surface area contributed by atoms with E-state index < -0.39 is 0 Å². The van der Waals surface area contributed by atoms with E-state index >= 15 is 0 Å². The number of carbonyl (C=O) groups is 1. The summed E-state index contributed by atoms with van der Waals surface area (Å²) in [5.74, 6) is -0.199. The number of fused-ring (bicyclic) bond motifs is 1. The van der Waals surface area contributed by atoms with E-state index in [0.29, 0.717) is 18.4 Å². The third kappa shape index (κ3) is 2.98. The van der Waals surface area contributed by atoms with E-state index in [1.165, 1.54) is 17.7 Å². The lowest BCUT2D eigenvalue weighted by atomic mass is 9.78. The molecule has 0 spiro atoms. The number of aliphatic hydroxyl groups excluding tert-OH is 1. The minimum absolute atomic E-state index is 0.00368. The molecule has 0 aromatic heterocycles. The molecule has 4 rings (SSSR count). The van der Waals surface area contributed by atoms with Crippen LogP contribution in [-0.4, -0.2) is 17.4 Å². The number of hydrogen-bond acceptors (Lipinski definition) is 2. The van der Waals surface area contributed by atoms with Crippen LogP contribution >= 0.6 is 0 Å². The number of allylic oxidation sites excluding steroid dienone is 1. The number of carbonyl (C=O) groups excluding carboxylic acids is 1. The number of ketones is 1. The average molecular weight is 338 g/mol. The smallest absolute Gasteiger partial charge is 0.169 e. The standard InChI is InChI=1S/C21H20FNO2/c22-16-7-5-13(6-8-16)15-11-18(24)20(19(25)12-15)21-17-4-2-1-3-14(17)9-10-23-21/h1-8,15,21,23-24H,9-12H2/p+1/t15-,21+/m0/s1. The molecule has 0 fully saturated rings. The van der Waals surface area contributed by atoms with Crippen LogP contribution < -0.4 is 5.32 Å². The van der Waals surface area contributed by atoms with Gasteiger partial charge in [-0.05, 0) is 29.2 Å². The predicted molar refractivity (Wildman–Crippen MR) is 92.7 cm³/mol. The quantitative estimate of drug-likeness (QED) is 0.885. The Morgan fingerprint density at radius 1 is 1.04 bits per heavy atom. The summed E-state index contributed by atoms with van der Waals surface area (Å²) in [5, 5.41) is 12.8. The van der Waals surface area contributed by atoms with Crippen molar-refractivity contribution in [2.75, 3.05) is 6.54 Å². The minimum atomic E-state index is -0.292. The Bertz CT molecular complexity index is 841. The molecule has 3 N–H and O–H groups in total. The molecular weight excluding hydrogens is 317 g/mol. The van der Waals surface area contributed by atoms with Gasteiger partial charge in [0.15, 0.2) is 5.78 Å². The van der Waals surface area contributed by atoms with Crippen LogP contribution in [0.2, 0.25) is 0 Å². The molecule has 0 bridgehead atoms. The molecule has 0 saturated heterocycles. The van der Waals surface area contributed by atoms with Crippen molar-refractivity contribution in [1.82, 2.24) is 0 Å². The molecule has 0 unspecified atom stereocenters. The molecular formula is C21H21FNO2+. The van der Waals surface area contributed by atoms with Gasteiger partial charge in [-0.3, -0.25) is 4.79 Å². The van der Waals surface area contributed by atoms with E-state index in [-0.39, 0.29) is 29.3 Å². The predicted octanol–water partition coefficient (Wildman–Crippen LogP) is 2.95. The number of rotatable bonds is 2. The zero-order valence-electron chi connectivity index (χ0n) is 13.9. The second kappa shape index (κ2) is 6.45. The van der Waals surface area contributed by atoms with Crippen LogP contribution in [0.5, 0.6) is 0 Å². The average Bonchev–Trinajstić information content (AvgIpc) is 2.62. The van der Waals surface area contributed by atoms with E-state index in [1.807, 2.05) is 12.1 Å². The second-order valence-corrected chi connectivity index (χ2v) is 6.89. The van der Waals surface area contributed by atoms with E-state index in [1.54, 1.807) is 12.1 Å². The van der Waals surface area contributed by atoms with Gasteiger partial charge in [-0.25, -0.2) is 4.39 Å². The topological polar surface area (TPSA) is 53.9 Å². The van der Waals surface area contributed by atoms with Crippen LogP contribution in [-0.2, 0) is 11.2 Å². The zero-order valence-corrected chi connectivity index (χ0v) is 13.9. The molecule has 2 atom stereocenters. The molecule has 25 heavy (non-hydrogen) atoms. The van der Waals surface area contributed by atoms with Crippen LogP contribution in [0, 0.1) is 5.82 Å². The number of Topliss-reactive ketones (excluding diaryl/α,β-unsaturated/α-hetero) is 1. The number of halogens is 1. The maximum Gasteiger partial charge on any atom is 0.169 e. The lowest BCUT2D eigenvalue weighted by Crippen LogP contribution is -2.87. The Morgan fingerprint density at radius 3 is 2.56 bits per heavy atom. The monoisotopic (exact) mass is 338 g/mol. The van der Waals surface area contributed by atoms with Crippen LogP contribution in [0.1, 0.15) is 41.5 Å². The molecule has 1 aliphatic heterocycles. The first-order valence-corrected chi connectivity index (χ1v) is 8.75. The Morgan fingerprint density at radius 2 is 1.80 bits per heavy atom. The van der Waals surface area contributed by atoms with E-state index in [4.69, 9.17) is 0 Å². The highest BCUT2D eigenvalue weighted by Crippen LogP contribution is 2.38. The Labute approximate surface area is 146 Å². The molecule has 128 valence electrons. The Kier molecular flexibility index (Phi) is 4.14. The first-order valence-electron chi connectivity index (χ1n) is 8.75. The van der Waals surface area contributed by atoms with Gasteiger partial charge in [0, 0.05) is 24.8 Å². The fourth-order valence-electron chi connectivity index (χ4n) is 4.10. The fourth-order valence-corrected chi connectivity index (χ4v) is 4.10. The number of nitrogens with two attached hydrogens (primary N) is 1. The summed E-state index contributed by atoms with van der Waals surface area (Å²) in [6, 6.07) is 14.2. The Balaban J connectivity index is 1.66. The van der Waals surface area contributed by atoms with Gasteiger partial charge < -0.3 is 10.4 Å². The normalized spacial score (nSPS) is 23.5. The highest BCUT2D eigenvalue weighted by molar-refractivity contribution is 5.98. The largest absolute Gasteiger partial charge is 0.512 e. The van der Waals surface area contributed by atoms with Gasteiger partial charge >= 0.3 is 0 Å². The SMILES string of the molecule is O=C1C[C@@H](c2ccc(F)cc2)CC(O)=C1[C@@H]1[NH2+]CCc2ccccc21. The van der Waals surface area contributed by atoms with Crippen molar-refractivity contribution in [2.45, 2.75) is 31.2 Å². The van der Waals surface area contributed by atoms with Gasteiger partial charge in [-0.1, -0.05) is 36.4 Å². The Hall–Kier alpha value is -2.46. The number of quaternary nitrogens is 1. The molecule has 2 aromatic carbocycles. The second-order valence-electron chi connectivity index (χ2n) is 6.89. The van der Waals surface area contributed by atoms with Crippen molar-refractivity contribution in [3.05, 3.63) is 82.4 Å². The molecule has 0 radical (unpaired) electrons. The van der Waals surface area contributed by atoms with Gasteiger partial charge in [0.25, 0.3) is 0 Å². The molecule has 1 aliphatic carbocycles. The lowest BCUT2D eigenvalue weighted by molar-refractivity contribution is -0.690. The van der Waals surface area contributed by atoms with Gasteiger partial charge in [0.05, 0.1) is 12.1 Å². The molecule has 3 nitrogen and oxygen atoms in total. The van der Waals surface area contributed by atoms with Gasteiger partial charge in [-0.2, -0.15) is 0 Å². The summed E-state index contributed by atoms with van der Waals surface area (Å²) >= 11 is 0. The van der Waals surface area contributed by atoms with Crippen LogP contribution in [0.25, 0.3) is 0 Å².